The van der Waals surface area contributed by atoms with Crippen molar-refractivity contribution in [3.05, 3.63) is 34.6 Å². The summed E-state index contributed by atoms with van der Waals surface area (Å²) in [4.78, 5) is 23.5. The lowest BCUT2D eigenvalue weighted by Gasteiger charge is -2.37. The molecule has 184 valence electrons. The Hall–Kier alpha value is -4.29. The van der Waals surface area contributed by atoms with Crippen molar-refractivity contribution in [2.45, 2.75) is 37.8 Å². The van der Waals surface area contributed by atoms with Crippen molar-refractivity contribution in [2.75, 3.05) is 35.7 Å². The molecule has 1 aliphatic heterocycles. The van der Waals surface area contributed by atoms with E-state index in [0.29, 0.717) is 65.4 Å². The molecule has 3 heterocycles. The van der Waals surface area contributed by atoms with E-state index in [1.54, 1.807) is 19.2 Å². The minimum atomic E-state index is -0.950. The first-order chi connectivity index (χ1) is 17.4. The molecule has 36 heavy (non-hydrogen) atoms. The molecule has 3 N–H and O–H groups in total. The largest absolute Gasteiger partial charge is 0.465 e. The van der Waals surface area contributed by atoms with Crippen LogP contribution in [-0.4, -0.2) is 67.9 Å². The van der Waals surface area contributed by atoms with E-state index in [0.717, 1.165) is 12.8 Å². The number of hydrogen-bond donors (Lipinski definition) is 3. The average molecular weight is 507 g/mol. The van der Waals surface area contributed by atoms with Gasteiger partial charge in [0.25, 0.3) is 0 Å². The van der Waals surface area contributed by atoms with Gasteiger partial charge >= 0.3 is 6.09 Å². The molecular weight excluding hydrogens is 484 g/mol. The normalized spacial score (nSPS) is 15.8. The predicted molar refractivity (Wildman–Crippen MR) is 133 cm³/mol. The topological polar surface area (TPSA) is 158 Å². The average Bonchev–Trinajstić information content (AvgIpc) is 3.60. The maximum atomic E-state index is 11.3. The molecule has 0 bridgehead atoms. The maximum absolute atomic E-state index is 11.3. The molecule has 1 amide bonds. The van der Waals surface area contributed by atoms with Gasteiger partial charge in [-0.05, 0) is 37.8 Å². The highest BCUT2D eigenvalue weighted by molar-refractivity contribution is 6.36. The minimum Gasteiger partial charge on any atom is -0.465 e. The van der Waals surface area contributed by atoms with Crippen molar-refractivity contribution >= 4 is 46.5 Å². The van der Waals surface area contributed by atoms with Gasteiger partial charge in [0.1, 0.15) is 6.07 Å². The van der Waals surface area contributed by atoms with Crippen LogP contribution < -0.4 is 15.5 Å². The molecule has 13 heteroatoms. The second kappa shape index (κ2) is 9.40. The summed E-state index contributed by atoms with van der Waals surface area (Å²) in [5, 5.41) is 39.6. The Morgan fingerprint density at radius 3 is 2.61 bits per heavy atom. The van der Waals surface area contributed by atoms with E-state index in [1.165, 1.54) is 15.6 Å². The molecule has 5 rings (SSSR count). The minimum absolute atomic E-state index is 0.0729. The Bertz CT molecular complexity index is 1410. The van der Waals surface area contributed by atoms with Crippen LogP contribution in [0.4, 0.5) is 27.9 Å². The van der Waals surface area contributed by atoms with E-state index in [1.807, 2.05) is 4.90 Å². The number of halogens is 1. The SMILES string of the molecule is CN(C(=O)O)C1CCN(c2cc(C#N)cc(Nc3nc(NC4CC4)c4ncc(C#N)n4n3)c2Cl)CC1. The molecule has 2 aliphatic rings. The highest BCUT2D eigenvalue weighted by Gasteiger charge is 2.28. The number of amides is 1. The third-order valence-corrected chi connectivity index (χ3v) is 6.88. The molecule has 0 spiro atoms. The molecule has 0 unspecified atom stereocenters. The number of anilines is 4. The van der Waals surface area contributed by atoms with E-state index in [9.17, 15) is 20.4 Å². The first-order valence-corrected chi connectivity index (χ1v) is 11.9. The Morgan fingerprint density at radius 1 is 1.22 bits per heavy atom. The number of carboxylic acid groups (broad SMARTS) is 1. The first kappa shape index (κ1) is 23.5. The van der Waals surface area contributed by atoms with Crippen LogP contribution in [0.1, 0.15) is 36.9 Å². The molecule has 0 atom stereocenters. The van der Waals surface area contributed by atoms with Gasteiger partial charge in [0.2, 0.25) is 5.95 Å². The van der Waals surface area contributed by atoms with Gasteiger partial charge in [-0.3, -0.25) is 0 Å². The summed E-state index contributed by atoms with van der Waals surface area (Å²) in [5.74, 6) is 0.707. The summed E-state index contributed by atoms with van der Waals surface area (Å²) in [6, 6.07) is 7.82. The Labute approximate surface area is 211 Å². The van der Waals surface area contributed by atoms with E-state index in [4.69, 9.17) is 11.6 Å². The van der Waals surface area contributed by atoms with Crippen molar-refractivity contribution in [3.63, 3.8) is 0 Å². The summed E-state index contributed by atoms with van der Waals surface area (Å²) in [6.07, 6.45) is 3.85. The fraction of sp³-hybridized carbons (Fsp3) is 0.391. The quantitative estimate of drug-likeness (QED) is 0.452. The number of piperidine rings is 1. The molecule has 2 fully saturated rings. The van der Waals surface area contributed by atoms with Crippen LogP contribution in [0.5, 0.6) is 0 Å². The van der Waals surface area contributed by atoms with E-state index < -0.39 is 6.09 Å². The maximum Gasteiger partial charge on any atom is 0.407 e. The van der Waals surface area contributed by atoms with Crippen LogP contribution >= 0.6 is 11.6 Å². The number of nitrogens with one attached hydrogen (secondary N) is 2. The number of aromatic nitrogens is 4. The first-order valence-electron chi connectivity index (χ1n) is 11.5. The van der Waals surface area contributed by atoms with Gasteiger partial charge in [-0.15, -0.1) is 5.10 Å². The number of imidazole rings is 1. The lowest BCUT2D eigenvalue weighted by Crippen LogP contribution is -2.45. The van der Waals surface area contributed by atoms with Gasteiger partial charge in [-0.2, -0.15) is 20.0 Å². The lowest BCUT2D eigenvalue weighted by atomic mass is 10.0. The van der Waals surface area contributed by atoms with Gasteiger partial charge in [-0.25, -0.2) is 9.78 Å². The highest BCUT2D eigenvalue weighted by atomic mass is 35.5. The van der Waals surface area contributed by atoms with Gasteiger partial charge in [0.05, 0.1) is 34.2 Å². The zero-order valence-corrected chi connectivity index (χ0v) is 20.2. The van der Waals surface area contributed by atoms with Crippen LogP contribution in [0.25, 0.3) is 5.65 Å². The van der Waals surface area contributed by atoms with Gasteiger partial charge in [0.15, 0.2) is 17.2 Å². The number of benzene rings is 1. The Morgan fingerprint density at radius 2 is 1.97 bits per heavy atom. The third kappa shape index (κ3) is 4.51. The predicted octanol–water partition coefficient (Wildman–Crippen LogP) is 3.42. The van der Waals surface area contributed by atoms with Crippen molar-refractivity contribution in [1.82, 2.24) is 24.5 Å². The van der Waals surface area contributed by atoms with Crippen molar-refractivity contribution < 1.29 is 9.90 Å². The van der Waals surface area contributed by atoms with E-state index in [-0.39, 0.29) is 17.7 Å². The summed E-state index contributed by atoms with van der Waals surface area (Å²) in [5.41, 5.74) is 2.24. The van der Waals surface area contributed by atoms with Gasteiger partial charge in [-0.1, -0.05) is 11.6 Å². The van der Waals surface area contributed by atoms with Crippen LogP contribution in [-0.2, 0) is 0 Å². The zero-order chi connectivity index (χ0) is 25.4. The lowest BCUT2D eigenvalue weighted by molar-refractivity contribution is 0.131. The van der Waals surface area contributed by atoms with Crippen LogP contribution in [0.2, 0.25) is 5.02 Å². The second-order valence-corrected chi connectivity index (χ2v) is 9.28. The number of rotatable bonds is 6. The number of carbonyl (C=O) groups is 1. The van der Waals surface area contributed by atoms with Crippen molar-refractivity contribution in [2.24, 2.45) is 0 Å². The van der Waals surface area contributed by atoms with Gasteiger partial charge < -0.3 is 25.5 Å². The molecule has 2 aromatic heterocycles. The van der Waals surface area contributed by atoms with E-state index >= 15 is 0 Å². The van der Waals surface area contributed by atoms with Crippen molar-refractivity contribution in [1.29, 1.82) is 10.5 Å². The molecule has 1 aliphatic carbocycles. The standard InChI is InChI=1S/C23H23ClN10O2/c1-32(23(35)36)15-4-6-33(7-5-15)18-9-13(10-25)8-17(19(18)24)29-22-30-20(28-14-2-3-14)21-27-12-16(11-26)34(21)31-22/h8-9,12,14-15H,2-7H2,1H3,(H,35,36)(H2,28,29,30,31). The second-order valence-electron chi connectivity index (χ2n) is 8.90. The van der Waals surface area contributed by atoms with Crippen LogP contribution in [0, 0.1) is 22.7 Å². The number of nitrogens with zero attached hydrogens (tertiary/aromatic N) is 8. The van der Waals surface area contributed by atoms with Crippen LogP contribution in [0.3, 0.4) is 0 Å². The molecular formula is C23H23ClN10O2. The summed E-state index contributed by atoms with van der Waals surface area (Å²) in [6.45, 7) is 1.18. The van der Waals surface area contributed by atoms with E-state index in [2.05, 4.69) is 37.8 Å². The fourth-order valence-electron chi connectivity index (χ4n) is 4.29. The fourth-order valence-corrected chi connectivity index (χ4v) is 4.57. The molecule has 3 aromatic rings. The third-order valence-electron chi connectivity index (χ3n) is 6.48. The van der Waals surface area contributed by atoms with Crippen molar-refractivity contribution in [3.8, 4) is 12.1 Å². The molecule has 1 aromatic carbocycles. The summed E-state index contributed by atoms with van der Waals surface area (Å²) < 4.78 is 1.42. The molecule has 1 saturated carbocycles. The molecule has 12 nitrogen and oxygen atoms in total. The van der Waals surface area contributed by atoms with Crippen LogP contribution in [0.15, 0.2) is 18.3 Å². The number of fused-ring (bicyclic) bond motifs is 1. The number of nitriles is 2. The molecule has 0 radical (unpaired) electrons. The summed E-state index contributed by atoms with van der Waals surface area (Å²) in [7, 11) is 1.58. The molecule has 1 saturated heterocycles. The smallest absolute Gasteiger partial charge is 0.407 e. The van der Waals surface area contributed by atoms with Gasteiger partial charge in [0, 0.05) is 32.2 Å². The Kier molecular flexibility index (Phi) is 6.12. The highest BCUT2D eigenvalue weighted by Crippen LogP contribution is 2.37. The number of hydrogen-bond acceptors (Lipinski definition) is 9. The Balaban J connectivity index is 1.46. The summed E-state index contributed by atoms with van der Waals surface area (Å²) >= 11 is 6.80. The monoisotopic (exact) mass is 506 g/mol. The zero-order valence-electron chi connectivity index (χ0n) is 19.4.